The van der Waals surface area contributed by atoms with Crippen molar-refractivity contribution in [2.24, 2.45) is 0 Å². The van der Waals surface area contributed by atoms with E-state index >= 15 is 0 Å². The number of hydrogen-bond acceptors (Lipinski definition) is 2. The van der Waals surface area contributed by atoms with E-state index in [9.17, 15) is 0 Å². The molecule has 1 heterocycles. The molecule has 0 aliphatic carbocycles. The number of ether oxygens (including phenoxy) is 2. The Balaban J connectivity index is 2.27. The van der Waals surface area contributed by atoms with Crippen molar-refractivity contribution in [1.82, 2.24) is 0 Å². The maximum atomic E-state index is 5.59. The largest absolute Gasteiger partial charge is 0.346 e. The van der Waals surface area contributed by atoms with E-state index in [0.717, 1.165) is 0 Å². The van der Waals surface area contributed by atoms with Gasteiger partial charge in [0.2, 0.25) is 0 Å². The van der Waals surface area contributed by atoms with Gasteiger partial charge in [0.1, 0.15) is 0 Å². The molecule has 1 aliphatic heterocycles. The number of rotatable bonds is 0. The molecule has 1 aromatic rings. The molecular formula is C11H14O2. The third-order valence-electron chi connectivity index (χ3n) is 2.27. The molecule has 2 nitrogen and oxygen atoms in total. The third kappa shape index (κ3) is 1.90. The fraction of sp³-hybridized carbons (Fsp3) is 0.455. The average Bonchev–Trinajstić information content (AvgIpc) is 2.27. The molecule has 0 aromatic heterocycles. The Labute approximate surface area is 78.5 Å². The van der Waals surface area contributed by atoms with Crippen molar-refractivity contribution in [3.05, 3.63) is 35.4 Å². The lowest BCUT2D eigenvalue weighted by Gasteiger charge is -2.22. The molecule has 0 amide bonds. The highest BCUT2D eigenvalue weighted by molar-refractivity contribution is 5.26. The van der Waals surface area contributed by atoms with Gasteiger partial charge in [-0.1, -0.05) is 24.3 Å². The second-order valence-electron chi connectivity index (χ2n) is 3.75. The van der Waals surface area contributed by atoms with E-state index in [1.54, 1.807) is 0 Å². The highest BCUT2D eigenvalue weighted by Gasteiger charge is 2.23. The van der Waals surface area contributed by atoms with E-state index in [1.807, 2.05) is 26.0 Å². The summed E-state index contributed by atoms with van der Waals surface area (Å²) >= 11 is 0. The van der Waals surface area contributed by atoms with Gasteiger partial charge in [-0.05, 0) is 25.0 Å². The monoisotopic (exact) mass is 178 g/mol. The number of fused-ring (bicyclic) bond motifs is 1. The first kappa shape index (κ1) is 8.73. The van der Waals surface area contributed by atoms with Crippen molar-refractivity contribution in [2.45, 2.75) is 32.8 Å². The summed E-state index contributed by atoms with van der Waals surface area (Å²) < 4.78 is 11.2. The van der Waals surface area contributed by atoms with E-state index in [2.05, 4.69) is 12.1 Å². The Morgan fingerprint density at radius 1 is 1.00 bits per heavy atom. The van der Waals surface area contributed by atoms with Gasteiger partial charge in [-0.3, -0.25) is 0 Å². The SMILES string of the molecule is CC1(C)OCc2ccccc2CO1. The summed E-state index contributed by atoms with van der Waals surface area (Å²) in [7, 11) is 0. The summed E-state index contributed by atoms with van der Waals surface area (Å²) in [6.45, 7) is 5.17. The molecule has 0 bridgehead atoms. The maximum Gasteiger partial charge on any atom is 0.163 e. The van der Waals surface area contributed by atoms with Crippen LogP contribution >= 0.6 is 0 Å². The second-order valence-corrected chi connectivity index (χ2v) is 3.75. The molecule has 70 valence electrons. The van der Waals surface area contributed by atoms with Crippen LogP contribution < -0.4 is 0 Å². The van der Waals surface area contributed by atoms with E-state index in [-0.39, 0.29) is 0 Å². The maximum absolute atomic E-state index is 5.59. The van der Waals surface area contributed by atoms with Gasteiger partial charge in [-0.25, -0.2) is 0 Å². The molecule has 13 heavy (non-hydrogen) atoms. The molecule has 1 aliphatic rings. The van der Waals surface area contributed by atoms with Gasteiger partial charge in [-0.15, -0.1) is 0 Å². The molecule has 0 spiro atoms. The molecule has 0 saturated heterocycles. The lowest BCUT2D eigenvalue weighted by Crippen LogP contribution is -2.25. The Bertz CT molecular complexity index is 276. The smallest absolute Gasteiger partial charge is 0.163 e. The predicted molar refractivity (Wildman–Crippen MR) is 50.1 cm³/mol. The van der Waals surface area contributed by atoms with Crippen LogP contribution in [0.4, 0.5) is 0 Å². The van der Waals surface area contributed by atoms with Crippen LogP contribution in [-0.2, 0) is 22.7 Å². The van der Waals surface area contributed by atoms with Crippen molar-refractivity contribution >= 4 is 0 Å². The summed E-state index contributed by atoms with van der Waals surface area (Å²) in [5.74, 6) is -0.459. The van der Waals surface area contributed by atoms with E-state index in [0.29, 0.717) is 13.2 Å². The minimum absolute atomic E-state index is 0.459. The fourth-order valence-corrected chi connectivity index (χ4v) is 1.38. The molecule has 0 fully saturated rings. The highest BCUT2D eigenvalue weighted by Crippen LogP contribution is 2.23. The Morgan fingerprint density at radius 2 is 1.46 bits per heavy atom. The molecule has 0 saturated carbocycles. The van der Waals surface area contributed by atoms with Crippen LogP contribution in [0.25, 0.3) is 0 Å². The molecule has 2 rings (SSSR count). The van der Waals surface area contributed by atoms with Crippen LogP contribution in [0.2, 0.25) is 0 Å². The van der Waals surface area contributed by atoms with Gasteiger partial charge in [0, 0.05) is 0 Å². The van der Waals surface area contributed by atoms with Crippen LogP contribution in [0.15, 0.2) is 24.3 Å². The minimum Gasteiger partial charge on any atom is -0.346 e. The predicted octanol–water partition coefficient (Wildman–Crippen LogP) is 2.47. The zero-order valence-electron chi connectivity index (χ0n) is 8.04. The summed E-state index contributed by atoms with van der Waals surface area (Å²) in [5.41, 5.74) is 2.46. The molecule has 0 N–H and O–H groups in total. The van der Waals surface area contributed by atoms with Crippen molar-refractivity contribution in [3.8, 4) is 0 Å². The molecule has 2 heteroatoms. The first-order chi connectivity index (χ1) is 6.17. The van der Waals surface area contributed by atoms with Gasteiger partial charge in [0.05, 0.1) is 13.2 Å². The minimum atomic E-state index is -0.459. The van der Waals surface area contributed by atoms with Crippen LogP contribution in [-0.4, -0.2) is 5.79 Å². The first-order valence-electron chi connectivity index (χ1n) is 4.52. The lowest BCUT2D eigenvalue weighted by molar-refractivity contribution is -0.219. The van der Waals surface area contributed by atoms with Gasteiger partial charge in [-0.2, -0.15) is 0 Å². The zero-order chi connectivity index (χ0) is 9.31. The van der Waals surface area contributed by atoms with Crippen LogP contribution in [0.5, 0.6) is 0 Å². The van der Waals surface area contributed by atoms with E-state index < -0.39 is 5.79 Å². The molecule has 0 radical (unpaired) electrons. The molecule has 0 unspecified atom stereocenters. The van der Waals surface area contributed by atoms with Crippen LogP contribution in [0.1, 0.15) is 25.0 Å². The third-order valence-corrected chi connectivity index (χ3v) is 2.27. The summed E-state index contributed by atoms with van der Waals surface area (Å²) in [4.78, 5) is 0. The normalized spacial score (nSPS) is 20.5. The zero-order valence-corrected chi connectivity index (χ0v) is 8.04. The van der Waals surface area contributed by atoms with Crippen molar-refractivity contribution in [2.75, 3.05) is 0 Å². The molecule has 1 aromatic carbocycles. The number of benzene rings is 1. The topological polar surface area (TPSA) is 18.5 Å². The fourth-order valence-electron chi connectivity index (χ4n) is 1.38. The van der Waals surface area contributed by atoms with Gasteiger partial charge < -0.3 is 9.47 Å². The molecule has 0 atom stereocenters. The van der Waals surface area contributed by atoms with Gasteiger partial charge in [0.15, 0.2) is 5.79 Å². The second kappa shape index (κ2) is 3.13. The van der Waals surface area contributed by atoms with Crippen molar-refractivity contribution in [3.63, 3.8) is 0 Å². The van der Waals surface area contributed by atoms with Crippen LogP contribution in [0.3, 0.4) is 0 Å². The first-order valence-corrected chi connectivity index (χ1v) is 4.52. The van der Waals surface area contributed by atoms with Crippen molar-refractivity contribution in [1.29, 1.82) is 0 Å². The summed E-state index contributed by atoms with van der Waals surface area (Å²) in [6.07, 6.45) is 0. The Morgan fingerprint density at radius 3 is 1.92 bits per heavy atom. The van der Waals surface area contributed by atoms with E-state index in [1.165, 1.54) is 11.1 Å². The summed E-state index contributed by atoms with van der Waals surface area (Å²) in [5, 5.41) is 0. The van der Waals surface area contributed by atoms with Crippen molar-refractivity contribution < 1.29 is 9.47 Å². The lowest BCUT2D eigenvalue weighted by atomic mass is 10.1. The highest BCUT2D eigenvalue weighted by atomic mass is 16.7. The van der Waals surface area contributed by atoms with Gasteiger partial charge >= 0.3 is 0 Å². The van der Waals surface area contributed by atoms with E-state index in [4.69, 9.17) is 9.47 Å². The van der Waals surface area contributed by atoms with Crippen LogP contribution in [0, 0.1) is 0 Å². The standard InChI is InChI=1S/C11H14O2/c1-11(2)12-7-9-5-3-4-6-10(9)8-13-11/h3-6H,7-8H2,1-2H3. The Hall–Kier alpha value is -0.860. The quantitative estimate of drug-likeness (QED) is 0.607. The average molecular weight is 178 g/mol. The summed E-state index contributed by atoms with van der Waals surface area (Å²) in [6, 6.07) is 8.22. The number of hydrogen-bond donors (Lipinski definition) is 0. The van der Waals surface area contributed by atoms with Gasteiger partial charge in [0.25, 0.3) is 0 Å². The Kier molecular flexibility index (Phi) is 2.10. The molecular weight excluding hydrogens is 164 g/mol.